The molecule has 318 valence electrons. The lowest BCUT2D eigenvalue weighted by molar-refractivity contribution is 0.0709. The molecule has 5 fully saturated rings. The molecule has 1 unspecified atom stereocenters. The van der Waals surface area contributed by atoms with Gasteiger partial charge in [-0.25, -0.2) is 8.78 Å². The summed E-state index contributed by atoms with van der Waals surface area (Å²) in [7, 11) is 0. The number of hydrogen-bond acceptors (Lipinski definition) is 7. The monoisotopic (exact) mass is 822 g/mol. The number of aromatic nitrogens is 3. The number of hydrogen-bond donors (Lipinski definition) is 0. The zero-order valence-electron chi connectivity index (χ0n) is 36.3. The maximum atomic E-state index is 17.4. The smallest absolute Gasteiger partial charge is 0.319 e. The third kappa shape index (κ3) is 8.00. The van der Waals surface area contributed by atoms with Crippen LogP contribution in [0.25, 0.3) is 32.9 Å². The third-order valence-electron chi connectivity index (χ3n) is 15.3. The summed E-state index contributed by atoms with van der Waals surface area (Å²) in [4.78, 5) is 22.3. The molecular weight excluding hydrogens is 763 g/mol. The molecule has 3 aliphatic heterocycles. The molecule has 0 radical (unpaired) electrons. The molecule has 5 heterocycles. The molecule has 0 spiro atoms. The standard InChI is InChI=1S/C52H60F2N6O/c1-5-42-45(53)14-13-39-27-40(36-9-6-10-36)28-43(46(39)42)48-47(54)49-44(29-55-48)50(60-21-7-8-33(2)30-60)57-51(56-49)61-32-52(19-20-52)31-58-22-17-41(18-23-58)59-24-15-37(16-25-59)38-12-11-34(3)35(4)26-38/h1,11-14,26-29,33,36-37,41H,6-10,15-25,30-32H2,2-4H3. The first-order chi connectivity index (χ1) is 29.6. The van der Waals surface area contributed by atoms with Gasteiger partial charge in [0.1, 0.15) is 22.8 Å². The molecule has 1 atom stereocenters. The normalized spacial score (nSPS) is 21.8. The van der Waals surface area contributed by atoms with Crippen LogP contribution in [0.3, 0.4) is 0 Å². The molecule has 5 aliphatic rings. The summed E-state index contributed by atoms with van der Waals surface area (Å²) in [6.07, 6.45) is 20.2. The predicted molar refractivity (Wildman–Crippen MR) is 241 cm³/mol. The van der Waals surface area contributed by atoms with Crippen LogP contribution in [0.5, 0.6) is 6.01 Å². The van der Waals surface area contributed by atoms with Gasteiger partial charge in [-0.3, -0.25) is 4.98 Å². The number of likely N-dealkylation sites (tertiary alicyclic amines) is 2. The number of terminal acetylenes is 1. The van der Waals surface area contributed by atoms with Gasteiger partial charge in [0.25, 0.3) is 0 Å². The minimum Gasteiger partial charge on any atom is -0.463 e. The average molecular weight is 823 g/mol. The van der Waals surface area contributed by atoms with Crippen molar-refractivity contribution in [3.63, 3.8) is 0 Å². The fourth-order valence-electron chi connectivity index (χ4n) is 10.9. The lowest BCUT2D eigenvalue weighted by atomic mass is 9.78. The molecule has 0 bridgehead atoms. The molecule has 7 nitrogen and oxygen atoms in total. The van der Waals surface area contributed by atoms with E-state index in [2.05, 4.69) is 65.7 Å². The topological polar surface area (TPSA) is 57.6 Å². The van der Waals surface area contributed by atoms with Crippen LogP contribution in [-0.2, 0) is 0 Å². The number of fused-ring (bicyclic) bond motifs is 2. The SMILES string of the molecule is C#Cc1c(F)ccc2cc(C3CCC3)cc(-c3ncc4c(N5CCCC(C)C5)nc(OCC5(CN6CCC(N7CCC(c8ccc(C)c(C)c8)CC7)CC6)CC5)nc4c3F)c12. The fraction of sp³-hybridized carbons (Fsp3) is 0.519. The van der Waals surface area contributed by atoms with Crippen LogP contribution < -0.4 is 9.64 Å². The molecule has 5 aromatic rings. The Labute approximate surface area is 360 Å². The van der Waals surface area contributed by atoms with Gasteiger partial charge in [-0.1, -0.05) is 49.6 Å². The first-order valence-corrected chi connectivity index (χ1v) is 23.2. The van der Waals surface area contributed by atoms with Crippen LogP contribution in [0.15, 0.2) is 48.7 Å². The quantitative estimate of drug-likeness (QED) is 0.130. The van der Waals surface area contributed by atoms with Gasteiger partial charge in [-0.05, 0) is 162 Å². The zero-order valence-corrected chi connectivity index (χ0v) is 36.3. The number of rotatable bonds is 10. The average Bonchev–Trinajstić information content (AvgIpc) is 4.02. The van der Waals surface area contributed by atoms with E-state index >= 15 is 8.78 Å². The summed E-state index contributed by atoms with van der Waals surface area (Å²) >= 11 is 0. The van der Waals surface area contributed by atoms with Crippen molar-refractivity contribution in [2.75, 3.05) is 57.3 Å². The molecule has 2 aromatic heterocycles. The number of pyridine rings is 1. The minimum atomic E-state index is -0.561. The molecule has 3 aromatic carbocycles. The number of piperidine rings is 3. The summed E-state index contributed by atoms with van der Waals surface area (Å²) in [6, 6.07) is 15.1. The molecule has 3 saturated heterocycles. The maximum Gasteiger partial charge on any atom is 0.319 e. The van der Waals surface area contributed by atoms with Crippen molar-refractivity contribution >= 4 is 27.5 Å². The Morgan fingerprint density at radius 1 is 0.836 bits per heavy atom. The molecule has 2 aliphatic carbocycles. The molecule has 9 heteroatoms. The Kier molecular flexibility index (Phi) is 11.0. The second-order valence-electron chi connectivity index (χ2n) is 19.5. The van der Waals surface area contributed by atoms with E-state index in [0.29, 0.717) is 52.6 Å². The third-order valence-corrected chi connectivity index (χ3v) is 15.3. The van der Waals surface area contributed by atoms with Crippen LogP contribution in [0.4, 0.5) is 14.6 Å². The number of benzene rings is 3. The van der Waals surface area contributed by atoms with Gasteiger partial charge in [0, 0.05) is 48.2 Å². The lowest BCUT2D eigenvalue weighted by Gasteiger charge is -2.42. The number of halogens is 2. The van der Waals surface area contributed by atoms with Crippen molar-refractivity contribution in [3.05, 3.63) is 88.1 Å². The second kappa shape index (κ2) is 16.6. The van der Waals surface area contributed by atoms with Crippen LogP contribution in [0, 0.1) is 49.2 Å². The molecule has 0 amide bonds. The maximum absolute atomic E-state index is 17.4. The van der Waals surface area contributed by atoms with Gasteiger partial charge in [0.05, 0.1) is 17.6 Å². The van der Waals surface area contributed by atoms with E-state index in [0.717, 1.165) is 88.6 Å². The highest BCUT2D eigenvalue weighted by atomic mass is 19.1. The zero-order chi connectivity index (χ0) is 41.8. The van der Waals surface area contributed by atoms with Gasteiger partial charge in [-0.15, -0.1) is 6.42 Å². The second-order valence-corrected chi connectivity index (χ2v) is 19.5. The van der Waals surface area contributed by atoms with Crippen LogP contribution in [0.1, 0.15) is 117 Å². The van der Waals surface area contributed by atoms with E-state index in [9.17, 15) is 0 Å². The van der Waals surface area contributed by atoms with Crippen molar-refractivity contribution < 1.29 is 13.5 Å². The van der Waals surface area contributed by atoms with Crippen LogP contribution >= 0.6 is 0 Å². The van der Waals surface area contributed by atoms with E-state index in [4.69, 9.17) is 26.1 Å². The van der Waals surface area contributed by atoms with E-state index in [1.54, 1.807) is 12.3 Å². The largest absolute Gasteiger partial charge is 0.463 e. The Bertz CT molecular complexity index is 2490. The Morgan fingerprint density at radius 3 is 2.33 bits per heavy atom. The molecule has 10 rings (SSSR count). The molecule has 61 heavy (non-hydrogen) atoms. The van der Waals surface area contributed by atoms with Gasteiger partial charge < -0.3 is 19.4 Å². The van der Waals surface area contributed by atoms with E-state index < -0.39 is 11.6 Å². The summed E-state index contributed by atoms with van der Waals surface area (Å²) in [6.45, 7) is 14.4. The lowest BCUT2D eigenvalue weighted by Crippen LogP contribution is -2.48. The number of nitrogens with zero attached hydrogens (tertiary/aromatic N) is 6. The van der Waals surface area contributed by atoms with Crippen molar-refractivity contribution in [1.82, 2.24) is 24.8 Å². The van der Waals surface area contributed by atoms with Crippen molar-refractivity contribution in [2.45, 2.75) is 109 Å². The van der Waals surface area contributed by atoms with Crippen molar-refractivity contribution in [2.24, 2.45) is 11.3 Å². The predicted octanol–water partition coefficient (Wildman–Crippen LogP) is 10.7. The summed E-state index contributed by atoms with van der Waals surface area (Å²) < 4.78 is 39.2. The van der Waals surface area contributed by atoms with Crippen molar-refractivity contribution in [3.8, 4) is 29.6 Å². The summed E-state index contributed by atoms with van der Waals surface area (Å²) in [5.41, 5.74) is 6.37. The van der Waals surface area contributed by atoms with Crippen molar-refractivity contribution in [1.29, 1.82) is 0 Å². The molecule has 2 saturated carbocycles. The first kappa shape index (κ1) is 40.4. The Hall–Kier alpha value is -4.65. The highest BCUT2D eigenvalue weighted by Gasteiger charge is 2.46. The van der Waals surface area contributed by atoms with Crippen LogP contribution in [0.2, 0.25) is 0 Å². The Morgan fingerprint density at radius 2 is 1.62 bits per heavy atom. The van der Waals surface area contributed by atoms with Crippen LogP contribution in [-0.4, -0.2) is 83.2 Å². The number of ether oxygens (including phenoxy) is 1. The van der Waals surface area contributed by atoms with Gasteiger partial charge in [-0.2, -0.15) is 9.97 Å². The Balaban J connectivity index is 0.873. The van der Waals surface area contributed by atoms with E-state index in [1.807, 2.05) is 6.07 Å². The number of anilines is 1. The molecular formula is C52H60F2N6O. The van der Waals surface area contributed by atoms with Gasteiger partial charge in [0.15, 0.2) is 5.82 Å². The van der Waals surface area contributed by atoms with E-state index in [1.165, 1.54) is 61.5 Å². The highest BCUT2D eigenvalue weighted by Crippen LogP contribution is 2.48. The highest BCUT2D eigenvalue weighted by molar-refractivity contribution is 6.02. The fourth-order valence-corrected chi connectivity index (χ4v) is 10.9. The van der Waals surface area contributed by atoms with Gasteiger partial charge in [0.2, 0.25) is 0 Å². The van der Waals surface area contributed by atoms with Gasteiger partial charge >= 0.3 is 6.01 Å². The minimum absolute atomic E-state index is 0.0496. The summed E-state index contributed by atoms with van der Waals surface area (Å²) in [5.74, 6) is 3.68. The first-order valence-electron chi connectivity index (χ1n) is 23.2. The summed E-state index contributed by atoms with van der Waals surface area (Å²) in [5, 5.41) is 1.85. The number of aryl methyl sites for hydroxylation is 2. The van der Waals surface area contributed by atoms with E-state index in [-0.39, 0.29) is 28.2 Å². The molecule has 0 N–H and O–H groups in total.